The second kappa shape index (κ2) is 13.9. The van der Waals surface area contributed by atoms with E-state index < -0.39 is 66.5 Å². The summed E-state index contributed by atoms with van der Waals surface area (Å²) in [7, 11) is 0. The number of carbonyl (C=O) groups is 5. The maximum absolute atomic E-state index is 13.4. The van der Waals surface area contributed by atoms with E-state index >= 15 is 0 Å². The monoisotopic (exact) mass is 533 g/mol. The Hall–Kier alpha value is -3.47. The van der Waals surface area contributed by atoms with Gasteiger partial charge in [0.05, 0.1) is 12.5 Å². The van der Waals surface area contributed by atoms with Gasteiger partial charge in [-0.1, -0.05) is 58.0 Å². The van der Waals surface area contributed by atoms with Gasteiger partial charge in [-0.15, -0.1) is 0 Å². The van der Waals surface area contributed by atoms with Crippen LogP contribution < -0.4 is 11.1 Å². The minimum absolute atomic E-state index is 0.108. The third-order valence-electron chi connectivity index (χ3n) is 6.43. The van der Waals surface area contributed by atoms with E-state index in [-0.39, 0.29) is 31.2 Å². The van der Waals surface area contributed by atoms with Gasteiger partial charge < -0.3 is 30.5 Å². The number of carbonyl (C=O) groups excluding carboxylic acids is 4. The molecule has 4 N–H and O–H groups in total. The molecule has 38 heavy (non-hydrogen) atoms. The largest absolute Gasteiger partial charge is 0.481 e. The van der Waals surface area contributed by atoms with Crippen LogP contribution >= 0.6 is 0 Å². The fraction of sp³-hybridized carbons (Fsp3) is 0.593. The number of carboxylic acid groups (broad SMARTS) is 1. The highest BCUT2D eigenvalue weighted by atomic mass is 16.6. The Kier molecular flexibility index (Phi) is 11.2. The van der Waals surface area contributed by atoms with Gasteiger partial charge in [0, 0.05) is 32.2 Å². The van der Waals surface area contributed by atoms with Crippen molar-refractivity contribution in [3.05, 3.63) is 35.9 Å². The molecule has 0 radical (unpaired) electrons. The molecular weight excluding hydrogens is 494 g/mol. The SMILES string of the molecule is CC(=O)OC1CCN(C(=O)C(N)C(C)C)C1C(CC(=O)O)OC(=O)C(Cc1ccccc1)NC(=O)C(C)C. The highest BCUT2D eigenvalue weighted by Gasteiger charge is 2.48. The molecule has 1 fully saturated rings. The Balaban J connectivity index is 2.41. The molecule has 1 aliphatic rings. The van der Waals surface area contributed by atoms with E-state index in [1.165, 1.54) is 11.8 Å². The molecule has 2 rings (SSSR count). The average Bonchev–Trinajstić information content (AvgIpc) is 3.24. The minimum Gasteiger partial charge on any atom is -0.481 e. The smallest absolute Gasteiger partial charge is 0.329 e. The van der Waals surface area contributed by atoms with Gasteiger partial charge in [-0.05, 0) is 11.5 Å². The van der Waals surface area contributed by atoms with Gasteiger partial charge in [-0.3, -0.25) is 19.2 Å². The number of nitrogens with one attached hydrogen (secondary N) is 1. The van der Waals surface area contributed by atoms with Gasteiger partial charge >= 0.3 is 17.9 Å². The maximum Gasteiger partial charge on any atom is 0.329 e. The number of hydrogen-bond acceptors (Lipinski definition) is 8. The molecule has 1 aromatic rings. The van der Waals surface area contributed by atoms with Crippen LogP contribution in [0.3, 0.4) is 0 Å². The number of amides is 2. The summed E-state index contributed by atoms with van der Waals surface area (Å²) in [5.74, 6) is -4.21. The van der Waals surface area contributed by atoms with E-state index in [9.17, 15) is 29.1 Å². The Morgan fingerprint density at radius 1 is 1.11 bits per heavy atom. The van der Waals surface area contributed by atoms with Crippen molar-refractivity contribution in [1.82, 2.24) is 10.2 Å². The molecule has 0 aliphatic carbocycles. The predicted octanol–water partition coefficient (Wildman–Crippen LogP) is 1.27. The number of nitrogens with zero attached hydrogens (tertiary/aromatic N) is 1. The topological polar surface area (TPSA) is 165 Å². The zero-order chi connectivity index (χ0) is 28.6. The summed E-state index contributed by atoms with van der Waals surface area (Å²) in [6.45, 7) is 8.26. The van der Waals surface area contributed by atoms with Crippen molar-refractivity contribution < 1.29 is 38.6 Å². The number of benzene rings is 1. The van der Waals surface area contributed by atoms with Crippen LogP contribution in [0.2, 0.25) is 0 Å². The molecule has 1 saturated heterocycles. The number of likely N-dealkylation sites (tertiary alicyclic amines) is 1. The molecule has 0 bridgehead atoms. The summed E-state index contributed by atoms with van der Waals surface area (Å²) < 4.78 is 11.1. The molecule has 210 valence electrons. The van der Waals surface area contributed by atoms with Crippen LogP contribution in [0, 0.1) is 11.8 Å². The molecule has 0 saturated carbocycles. The molecule has 0 spiro atoms. The lowest BCUT2D eigenvalue weighted by Gasteiger charge is -2.35. The van der Waals surface area contributed by atoms with Crippen molar-refractivity contribution in [2.75, 3.05) is 6.54 Å². The molecule has 1 aromatic carbocycles. The maximum atomic E-state index is 13.4. The van der Waals surface area contributed by atoms with E-state index in [0.29, 0.717) is 0 Å². The van der Waals surface area contributed by atoms with Crippen LogP contribution in [0.4, 0.5) is 0 Å². The van der Waals surface area contributed by atoms with Crippen LogP contribution in [0.25, 0.3) is 0 Å². The van der Waals surface area contributed by atoms with Crippen LogP contribution in [0.15, 0.2) is 30.3 Å². The minimum atomic E-state index is -1.36. The molecule has 5 atom stereocenters. The number of nitrogens with two attached hydrogens (primary N) is 1. The van der Waals surface area contributed by atoms with Gasteiger partial charge in [0.25, 0.3) is 0 Å². The summed E-state index contributed by atoms with van der Waals surface area (Å²) in [4.78, 5) is 64.1. The third-order valence-corrected chi connectivity index (χ3v) is 6.43. The van der Waals surface area contributed by atoms with E-state index in [1.54, 1.807) is 52.0 Å². The number of aliphatic carboxylic acids is 1. The first-order chi connectivity index (χ1) is 17.8. The van der Waals surface area contributed by atoms with Crippen LogP contribution in [-0.2, 0) is 39.9 Å². The highest BCUT2D eigenvalue weighted by Crippen LogP contribution is 2.29. The average molecular weight is 534 g/mol. The van der Waals surface area contributed by atoms with Crippen LogP contribution in [0.1, 0.15) is 53.0 Å². The lowest BCUT2D eigenvalue weighted by Crippen LogP contribution is -2.56. The number of esters is 2. The van der Waals surface area contributed by atoms with Crippen molar-refractivity contribution in [2.45, 2.75) is 84.2 Å². The standard InChI is InChI=1S/C27H39N3O8/c1-15(2)23(28)26(35)30-12-11-20(37-17(5)31)24(30)21(14-22(32)33)38-27(36)19(29-25(34)16(3)4)13-18-9-7-6-8-10-18/h6-10,15-16,19-21,23-24H,11-14,28H2,1-5H3,(H,29,34)(H,32,33). The van der Waals surface area contributed by atoms with Crippen molar-refractivity contribution in [1.29, 1.82) is 0 Å². The predicted molar refractivity (Wildman–Crippen MR) is 138 cm³/mol. The first-order valence-corrected chi connectivity index (χ1v) is 12.8. The Labute approximate surface area is 223 Å². The summed E-state index contributed by atoms with van der Waals surface area (Å²) in [6, 6.07) is 5.92. The van der Waals surface area contributed by atoms with Crippen LogP contribution in [-0.4, -0.2) is 76.6 Å². The summed E-state index contributed by atoms with van der Waals surface area (Å²) in [5, 5.41) is 12.3. The Morgan fingerprint density at radius 3 is 2.26 bits per heavy atom. The number of hydrogen-bond donors (Lipinski definition) is 3. The molecule has 0 aromatic heterocycles. The van der Waals surface area contributed by atoms with Gasteiger partial charge in [-0.2, -0.15) is 0 Å². The molecule has 1 aliphatic heterocycles. The lowest BCUT2D eigenvalue weighted by atomic mass is 9.99. The second-order valence-electron chi connectivity index (χ2n) is 10.2. The first-order valence-electron chi connectivity index (χ1n) is 12.8. The number of rotatable bonds is 12. The van der Waals surface area contributed by atoms with Gasteiger partial charge in [0.15, 0.2) is 0 Å². The first kappa shape index (κ1) is 30.8. The molecular formula is C27H39N3O8. The summed E-state index contributed by atoms with van der Waals surface area (Å²) in [6.07, 6.45) is -2.57. The van der Waals surface area contributed by atoms with Crippen LogP contribution in [0.5, 0.6) is 0 Å². The van der Waals surface area contributed by atoms with Crippen molar-refractivity contribution in [3.8, 4) is 0 Å². The highest BCUT2D eigenvalue weighted by molar-refractivity contribution is 5.86. The summed E-state index contributed by atoms with van der Waals surface area (Å²) >= 11 is 0. The van der Waals surface area contributed by atoms with E-state index in [4.69, 9.17) is 15.2 Å². The normalized spacial score (nSPS) is 19.5. The summed E-state index contributed by atoms with van der Waals surface area (Å²) in [5.41, 5.74) is 6.85. The van der Waals surface area contributed by atoms with Gasteiger partial charge in [0.2, 0.25) is 11.8 Å². The third kappa shape index (κ3) is 8.54. The lowest BCUT2D eigenvalue weighted by molar-refractivity contribution is -0.167. The van der Waals surface area contributed by atoms with E-state index in [2.05, 4.69) is 5.32 Å². The van der Waals surface area contributed by atoms with Gasteiger partial charge in [0.1, 0.15) is 24.3 Å². The second-order valence-corrected chi connectivity index (χ2v) is 10.2. The van der Waals surface area contributed by atoms with Crippen molar-refractivity contribution in [2.24, 2.45) is 17.6 Å². The molecule has 5 unspecified atom stereocenters. The zero-order valence-electron chi connectivity index (χ0n) is 22.6. The fourth-order valence-electron chi connectivity index (χ4n) is 4.32. The van der Waals surface area contributed by atoms with Crippen molar-refractivity contribution in [3.63, 3.8) is 0 Å². The van der Waals surface area contributed by atoms with Crippen molar-refractivity contribution >= 4 is 29.7 Å². The van der Waals surface area contributed by atoms with E-state index in [0.717, 1.165) is 5.56 Å². The molecule has 1 heterocycles. The molecule has 11 heteroatoms. The Bertz CT molecular complexity index is 997. The van der Waals surface area contributed by atoms with Gasteiger partial charge in [-0.25, -0.2) is 4.79 Å². The number of ether oxygens (including phenoxy) is 2. The quantitative estimate of drug-likeness (QED) is 0.335. The number of carboxylic acids is 1. The molecule has 11 nitrogen and oxygen atoms in total. The Morgan fingerprint density at radius 2 is 1.74 bits per heavy atom. The zero-order valence-corrected chi connectivity index (χ0v) is 22.6. The molecule has 2 amide bonds. The van der Waals surface area contributed by atoms with E-state index in [1.807, 2.05) is 6.07 Å². The fourth-order valence-corrected chi connectivity index (χ4v) is 4.32.